The monoisotopic (exact) mass is 210 g/mol. The summed E-state index contributed by atoms with van der Waals surface area (Å²) in [4.78, 5) is 0.164. The summed E-state index contributed by atoms with van der Waals surface area (Å²) in [5.41, 5.74) is 0. The Kier molecular flexibility index (Phi) is 5.12. The summed E-state index contributed by atoms with van der Waals surface area (Å²) in [6.07, 6.45) is 1.39. The molecule has 0 unspecified atom stereocenters. The van der Waals surface area contributed by atoms with Crippen LogP contribution in [0.15, 0.2) is 47.9 Å². The smallest absolute Gasteiger partial charge is 0.262 e. The highest BCUT2D eigenvalue weighted by molar-refractivity contribution is 7.86. The van der Waals surface area contributed by atoms with Gasteiger partial charge in [-0.3, -0.25) is 4.18 Å². The van der Waals surface area contributed by atoms with Crippen LogP contribution in [0.5, 0.6) is 0 Å². The van der Waals surface area contributed by atoms with E-state index < -0.39 is 10.1 Å². The summed E-state index contributed by atoms with van der Waals surface area (Å²) < 4.78 is 27.3. The molecule has 1 rings (SSSR count). The van der Waals surface area contributed by atoms with Crippen molar-refractivity contribution >= 4 is 10.1 Å². The lowest BCUT2D eigenvalue weighted by Gasteiger charge is -2.01. The van der Waals surface area contributed by atoms with Crippen LogP contribution in [0, 0.1) is 7.43 Å². The van der Waals surface area contributed by atoms with Crippen molar-refractivity contribution in [1.82, 2.24) is 0 Å². The fraction of sp³-hybridized carbons (Fsp3) is 0.100. The van der Waals surface area contributed by atoms with Crippen LogP contribution in [0.25, 0.3) is 0 Å². The summed E-state index contributed by atoms with van der Waals surface area (Å²) in [6, 6.07) is 8.00. The van der Waals surface area contributed by atoms with Gasteiger partial charge in [0.25, 0.3) is 10.1 Å². The Bertz CT molecular complexity index is 368. The zero-order valence-electron chi connectivity index (χ0n) is 7.51. The van der Waals surface area contributed by atoms with Crippen molar-refractivity contribution in [2.75, 3.05) is 6.61 Å². The highest BCUT2D eigenvalue weighted by atomic mass is 32.2. The van der Waals surface area contributed by atoms with E-state index >= 15 is 0 Å². The average Bonchev–Trinajstić information content (AvgIpc) is 2.16. The fourth-order valence-corrected chi connectivity index (χ4v) is 1.69. The fourth-order valence-electron chi connectivity index (χ4n) is 0.793. The zero-order valence-corrected chi connectivity index (χ0v) is 8.33. The Morgan fingerprint density at radius 1 is 1.29 bits per heavy atom. The first-order valence-electron chi connectivity index (χ1n) is 3.72. The van der Waals surface area contributed by atoms with E-state index in [-0.39, 0.29) is 18.9 Å². The second-order valence-corrected chi connectivity index (χ2v) is 3.96. The molecule has 1 aromatic carbocycles. The van der Waals surface area contributed by atoms with Gasteiger partial charge in [0.1, 0.15) is 0 Å². The minimum Gasteiger partial charge on any atom is -0.262 e. The normalized spacial score (nSPS) is 10.3. The first-order valence-corrected chi connectivity index (χ1v) is 5.13. The lowest BCUT2D eigenvalue weighted by molar-refractivity contribution is 0.357. The van der Waals surface area contributed by atoms with Gasteiger partial charge in [0.15, 0.2) is 0 Å². The molecule has 0 amide bonds. The van der Waals surface area contributed by atoms with Crippen molar-refractivity contribution in [2.24, 2.45) is 0 Å². The largest absolute Gasteiger partial charge is 0.297 e. The van der Waals surface area contributed by atoms with Crippen LogP contribution in [0.3, 0.4) is 0 Å². The molecule has 0 aliphatic heterocycles. The molecule has 0 bridgehead atoms. The van der Waals surface area contributed by atoms with Crippen LogP contribution in [0.1, 0.15) is 0 Å². The Hall–Kier alpha value is -1.13. The Morgan fingerprint density at radius 2 is 1.86 bits per heavy atom. The third kappa shape index (κ3) is 3.32. The van der Waals surface area contributed by atoms with Gasteiger partial charge in [0.2, 0.25) is 0 Å². The van der Waals surface area contributed by atoms with Crippen molar-refractivity contribution in [3.05, 3.63) is 50.4 Å². The van der Waals surface area contributed by atoms with Crippen molar-refractivity contribution in [2.45, 2.75) is 4.90 Å². The second kappa shape index (κ2) is 5.57. The zero-order chi connectivity index (χ0) is 9.73. The van der Waals surface area contributed by atoms with Gasteiger partial charge in [0.05, 0.1) is 11.5 Å². The molecule has 0 fully saturated rings. The summed E-state index contributed by atoms with van der Waals surface area (Å²) in [5.74, 6) is 0. The van der Waals surface area contributed by atoms with E-state index in [9.17, 15) is 8.42 Å². The van der Waals surface area contributed by atoms with E-state index in [1.165, 1.54) is 18.2 Å². The van der Waals surface area contributed by atoms with Gasteiger partial charge in [-0.25, -0.2) is 0 Å². The molecule has 0 heterocycles. The first-order chi connectivity index (χ1) is 6.17. The van der Waals surface area contributed by atoms with E-state index in [4.69, 9.17) is 0 Å². The summed E-state index contributed by atoms with van der Waals surface area (Å²) in [6.45, 7) is 3.37. The Morgan fingerprint density at radius 3 is 2.36 bits per heavy atom. The standard InChI is InChI=1S/C9H10O3S.C/c1-2-8-12-13(10,11)9-6-4-3-5-7-9;/h2-7H,1,8H2;. The predicted molar refractivity (Wildman–Crippen MR) is 53.0 cm³/mol. The molecule has 0 saturated carbocycles. The molecule has 0 aliphatic rings. The van der Waals surface area contributed by atoms with Crippen molar-refractivity contribution in [3.8, 4) is 0 Å². The summed E-state index contributed by atoms with van der Waals surface area (Å²) in [7, 11) is -3.59. The van der Waals surface area contributed by atoms with Crippen LogP contribution in [-0.4, -0.2) is 15.0 Å². The van der Waals surface area contributed by atoms with Crippen molar-refractivity contribution in [1.29, 1.82) is 0 Å². The van der Waals surface area contributed by atoms with Gasteiger partial charge in [-0.2, -0.15) is 8.42 Å². The quantitative estimate of drug-likeness (QED) is 0.560. The molecule has 0 N–H and O–H groups in total. The van der Waals surface area contributed by atoms with Gasteiger partial charge in [-0.1, -0.05) is 24.3 Å². The highest BCUT2D eigenvalue weighted by Crippen LogP contribution is 2.10. The van der Waals surface area contributed by atoms with Crippen LogP contribution < -0.4 is 0 Å². The predicted octanol–water partition coefficient (Wildman–Crippen LogP) is 1.66. The minimum atomic E-state index is -3.59. The third-order valence-electron chi connectivity index (χ3n) is 1.37. The number of hydrogen-bond donors (Lipinski definition) is 0. The van der Waals surface area contributed by atoms with Gasteiger partial charge < -0.3 is 0 Å². The third-order valence-corrected chi connectivity index (χ3v) is 2.67. The minimum absolute atomic E-state index is 0. The number of benzene rings is 1. The van der Waals surface area contributed by atoms with Gasteiger partial charge in [-0.15, -0.1) is 6.58 Å². The molecule has 1 aromatic rings. The maximum Gasteiger partial charge on any atom is 0.297 e. The van der Waals surface area contributed by atoms with Gasteiger partial charge >= 0.3 is 0 Å². The first kappa shape index (κ1) is 12.9. The van der Waals surface area contributed by atoms with E-state index in [1.807, 2.05) is 0 Å². The maximum atomic E-state index is 11.3. The molecule has 3 nitrogen and oxygen atoms in total. The molecule has 0 saturated heterocycles. The van der Waals surface area contributed by atoms with E-state index in [0.29, 0.717) is 0 Å². The SMILES string of the molecule is C=CCOS(=O)(=O)c1ccccc1.[C]. The van der Waals surface area contributed by atoms with Crippen LogP contribution >= 0.6 is 0 Å². The molecule has 74 valence electrons. The van der Waals surface area contributed by atoms with Crippen molar-refractivity contribution < 1.29 is 12.6 Å². The van der Waals surface area contributed by atoms with E-state index in [2.05, 4.69) is 10.8 Å². The van der Waals surface area contributed by atoms with Crippen LogP contribution in [0.4, 0.5) is 0 Å². The lowest BCUT2D eigenvalue weighted by Crippen LogP contribution is -2.05. The molecule has 0 spiro atoms. The highest BCUT2D eigenvalue weighted by Gasteiger charge is 2.12. The van der Waals surface area contributed by atoms with E-state index in [0.717, 1.165) is 0 Å². The van der Waals surface area contributed by atoms with Crippen LogP contribution in [0.2, 0.25) is 0 Å². The number of hydrogen-bond acceptors (Lipinski definition) is 3. The van der Waals surface area contributed by atoms with Crippen LogP contribution in [-0.2, 0) is 14.3 Å². The Labute approximate surface area is 85.2 Å². The van der Waals surface area contributed by atoms with Gasteiger partial charge in [-0.05, 0) is 12.1 Å². The topological polar surface area (TPSA) is 43.4 Å². The number of rotatable bonds is 4. The van der Waals surface area contributed by atoms with Crippen molar-refractivity contribution in [3.63, 3.8) is 0 Å². The second-order valence-electron chi connectivity index (χ2n) is 2.34. The molecular weight excluding hydrogens is 200 g/mol. The van der Waals surface area contributed by atoms with Gasteiger partial charge in [0, 0.05) is 7.43 Å². The Balaban J connectivity index is 0.00000169. The van der Waals surface area contributed by atoms with E-state index in [1.54, 1.807) is 18.2 Å². The molecule has 14 heavy (non-hydrogen) atoms. The summed E-state index contributed by atoms with van der Waals surface area (Å²) >= 11 is 0. The molecule has 4 radical (unpaired) electrons. The average molecular weight is 210 g/mol. The maximum absolute atomic E-state index is 11.3. The molecular formula is C10H10O3S. The molecule has 4 heteroatoms. The summed E-state index contributed by atoms with van der Waals surface area (Å²) in [5, 5.41) is 0. The molecule has 0 aromatic heterocycles. The molecule has 0 aliphatic carbocycles. The lowest BCUT2D eigenvalue weighted by atomic mass is 10.4. The molecule has 0 atom stereocenters.